The van der Waals surface area contributed by atoms with E-state index in [-0.39, 0.29) is 6.04 Å². The fraction of sp³-hybridized carbons (Fsp3) is 0.500. The molecule has 0 saturated heterocycles. The molecule has 2 aromatic rings. The molecule has 21 heavy (non-hydrogen) atoms. The molecule has 0 spiro atoms. The van der Waals surface area contributed by atoms with Crippen molar-refractivity contribution in [3.05, 3.63) is 29.2 Å². The lowest BCUT2D eigenvalue weighted by Gasteiger charge is -2.14. The van der Waals surface area contributed by atoms with E-state index in [0.29, 0.717) is 24.2 Å². The predicted molar refractivity (Wildman–Crippen MR) is 82.1 cm³/mol. The second kappa shape index (κ2) is 6.26. The lowest BCUT2D eigenvalue weighted by molar-refractivity contribution is 0.268. The molecule has 0 aliphatic rings. The van der Waals surface area contributed by atoms with Gasteiger partial charge in [-0.05, 0) is 49.9 Å². The zero-order chi connectivity index (χ0) is 15.6. The fourth-order valence-corrected chi connectivity index (χ4v) is 2.09. The molecule has 2 rings (SSSR count). The largest absolute Gasteiger partial charge is 0.493 e. The standard InChI is InChI=1S/C16H23N3O2/c1-9(2)8-20-14-10(3)6-13(7-11(14)4)15-18-16(12(5)17)21-19-15/h6-7,9,12H,8,17H2,1-5H3/t12-/m0/s1. The van der Waals surface area contributed by atoms with Gasteiger partial charge in [-0.25, -0.2) is 0 Å². The molecule has 0 fully saturated rings. The van der Waals surface area contributed by atoms with Crippen molar-refractivity contribution >= 4 is 0 Å². The molecule has 5 nitrogen and oxygen atoms in total. The Morgan fingerprint density at radius 1 is 1.19 bits per heavy atom. The summed E-state index contributed by atoms with van der Waals surface area (Å²) in [5.74, 6) is 2.43. The van der Waals surface area contributed by atoms with Crippen LogP contribution >= 0.6 is 0 Å². The second-order valence-electron chi connectivity index (χ2n) is 5.89. The fourth-order valence-electron chi connectivity index (χ4n) is 2.09. The van der Waals surface area contributed by atoms with Crippen molar-refractivity contribution in [2.24, 2.45) is 11.7 Å². The maximum absolute atomic E-state index is 5.88. The van der Waals surface area contributed by atoms with Gasteiger partial charge in [0, 0.05) is 5.56 Å². The van der Waals surface area contributed by atoms with E-state index in [2.05, 4.69) is 24.0 Å². The Balaban J connectivity index is 2.30. The molecule has 1 aromatic heterocycles. The van der Waals surface area contributed by atoms with E-state index in [1.807, 2.05) is 32.9 Å². The number of hydrogen-bond donors (Lipinski definition) is 1. The first kappa shape index (κ1) is 15.5. The smallest absolute Gasteiger partial charge is 0.243 e. The number of nitrogens with zero attached hydrogens (tertiary/aromatic N) is 2. The molecule has 0 bridgehead atoms. The highest BCUT2D eigenvalue weighted by atomic mass is 16.5. The molecule has 5 heteroatoms. The Morgan fingerprint density at radius 2 is 1.81 bits per heavy atom. The molecule has 1 aromatic carbocycles. The summed E-state index contributed by atoms with van der Waals surface area (Å²) in [5, 5.41) is 3.99. The Bertz CT molecular complexity index is 595. The second-order valence-corrected chi connectivity index (χ2v) is 5.89. The van der Waals surface area contributed by atoms with Crippen molar-refractivity contribution in [2.75, 3.05) is 6.61 Å². The summed E-state index contributed by atoms with van der Waals surface area (Å²) < 4.78 is 11.0. The first-order valence-electron chi connectivity index (χ1n) is 7.22. The van der Waals surface area contributed by atoms with Crippen LogP contribution in [0.15, 0.2) is 16.7 Å². The predicted octanol–water partition coefficient (Wildman–Crippen LogP) is 3.41. The maximum atomic E-state index is 5.88. The number of aromatic nitrogens is 2. The van der Waals surface area contributed by atoms with Gasteiger partial charge in [0.25, 0.3) is 0 Å². The van der Waals surface area contributed by atoms with Crippen LogP contribution < -0.4 is 10.5 Å². The van der Waals surface area contributed by atoms with E-state index < -0.39 is 0 Å². The van der Waals surface area contributed by atoms with Gasteiger partial charge >= 0.3 is 0 Å². The summed E-state index contributed by atoms with van der Waals surface area (Å²) in [5.41, 5.74) is 8.79. The SMILES string of the molecule is Cc1cc(-c2noc([C@H](C)N)n2)cc(C)c1OCC(C)C. The topological polar surface area (TPSA) is 74.2 Å². The molecule has 1 heterocycles. The molecular formula is C16H23N3O2. The average molecular weight is 289 g/mol. The van der Waals surface area contributed by atoms with Gasteiger partial charge in [-0.3, -0.25) is 0 Å². The van der Waals surface area contributed by atoms with E-state index in [1.54, 1.807) is 0 Å². The van der Waals surface area contributed by atoms with Crippen molar-refractivity contribution in [3.8, 4) is 17.1 Å². The number of hydrogen-bond acceptors (Lipinski definition) is 5. The van der Waals surface area contributed by atoms with Crippen molar-refractivity contribution in [3.63, 3.8) is 0 Å². The minimum absolute atomic E-state index is 0.262. The zero-order valence-corrected chi connectivity index (χ0v) is 13.3. The van der Waals surface area contributed by atoms with Crippen LogP contribution in [0.1, 0.15) is 43.8 Å². The summed E-state index contributed by atoms with van der Waals surface area (Å²) >= 11 is 0. The minimum atomic E-state index is -0.262. The Labute approximate surface area is 125 Å². The number of nitrogens with two attached hydrogens (primary N) is 1. The van der Waals surface area contributed by atoms with Gasteiger partial charge in [-0.1, -0.05) is 19.0 Å². The van der Waals surface area contributed by atoms with Gasteiger partial charge in [0.05, 0.1) is 12.6 Å². The highest BCUT2D eigenvalue weighted by Crippen LogP contribution is 2.29. The summed E-state index contributed by atoms with van der Waals surface area (Å²) in [7, 11) is 0. The lowest BCUT2D eigenvalue weighted by Crippen LogP contribution is -2.07. The summed E-state index contributed by atoms with van der Waals surface area (Å²) in [6.07, 6.45) is 0. The molecule has 0 unspecified atom stereocenters. The Kier molecular flexibility index (Phi) is 4.63. The van der Waals surface area contributed by atoms with Crippen molar-refractivity contribution in [1.29, 1.82) is 0 Å². The van der Waals surface area contributed by atoms with Crippen LogP contribution in [0.2, 0.25) is 0 Å². The van der Waals surface area contributed by atoms with Crippen molar-refractivity contribution in [2.45, 2.75) is 40.7 Å². The van der Waals surface area contributed by atoms with Crippen LogP contribution in [0.5, 0.6) is 5.75 Å². The quantitative estimate of drug-likeness (QED) is 0.913. The van der Waals surface area contributed by atoms with E-state index in [4.69, 9.17) is 15.0 Å². The van der Waals surface area contributed by atoms with E-state index in [1.165, 1.54) is 0 Å². The van der Waals surface area contributed by atoms with Crippen LogP contribution in [0.25, 0.3) is 11.4 Å². The van der Waals surface area contributed by atoms with E-state index in [0.717, 1.165) is 22.4 Å². The van der Waals surface area contributed by atoms with Crippen LogP contribution in [0, 0.1) is 19.8 Å². The number of ether oxygens (including phenoxy) is 1. The minimum Gasteiger partial charge on any atom is -0.493 e. The van der Waals surface area contributed by atoms with Gasteiger partial charge in [0.2, 0.25) is 11.7 Å². The third kappa shape index (κ3) is 3.61. The van der Waals surface area contributed by atoms with Gasteiger partial charge in [-0.15, -0.1) is 0 Å². The lowest BCUT2D eigenvalue weighted by atomic mass is 10.1. The molecule has 0 aliphatic carbocycles. The monoisotopic (exact) mass is 289 g/mol. The van der Waals surface area contributed by atoms with Crippen LogP contribution in [-0.2, 0) is 0 Å². The highest BCUT2D eigenvalue weighted by molar-refractivity contribution is 5.61. The van der Waals surface area contributed by atoms with E-state index in [9.17, 15) is 0 Å². The van der Waals surface area contributed by atoms with E-state index >= 15 is 0 Å². The Morgan fingerprint density at radius 3 is 2.29 bits per heavy atom. The molecule has 0 saturated carbocycles. The summed E-state index contributed by atoms with van der Waals surface area (Å²) in [6, 6.07) is 3.76. The van der Waals surface area contributed by atoms with Gasteiger partial charge in [0.15, 0.2) is 0 Å². The Hall–Kier alpha value is -1.88. The first-order valence-corrected chi connectivity index (χ1v) is 7.22. The molecule has 0 aliphatic heterocycles. The molecule has 1 atom stereocenters. The summed E-state index contributed by atoms with van der Waals surface area (Å²) in [4.78, 5) is 4.32. The average Bonchev–Trinajstić information content (AvgIpc) is 2.86. The molecule has 0 amide bonds. The third-order valence-electron chi connectivity index (χ3n) is 3.11. The molecule has 114 valence electrons. The number of aryl methyl sites for hydroxylation is 2. The molecular weight excluding hydrogens is 266 g/mol. The van der Waals surface area contributed by atoms with Gasteiger partial charge in [-0.2, -0.15) is 4.98 Å². The molecule has 0 radical (unpaired) electrons. The molecule has 2 N–H and O–H groups in total. The third-order valence-corrected chi connectivity index (χ3v) is 3.11. The van der Waals surface area contributed by atoms with Gasteiger partial charge < -0.3 is 15.0 Å². The van der Waals surface area contributed by atoms with Crippen molar-refractivity contribution in [1.82, 2.24) is 10.1 Å². The number of benzene rings is 1. The van der Waals surface area contributed by atoms with Crippen molar-refractivity contribution < 1.29 is 9.26 Å². The van der Waals surface area contributed by atoms with Crippen LogP contribution in [0.4, 0.5) is 0 Å². The van der Waals surface area contributed by atoms with Crippen LogP contribution in [0.3, 0.4) is 0 Å². The zero-order valence-electron chi connectivity index (χ0n) is 13.3. The normalized spacial score (nSPS) is 12.7. The summed E-state index contributed by atoms with van der Waals surface area (Å²) in [6.45, 7) is 10.8. The van der Waals surface area contributed by atoms with Gasteiger partial charge in [0.1, 0.15) is 5.75 Å². The first-order chi connectivity index (χ1) is 9.88. The maximum Gasteiger partial charge on any atom is 0.243 e. The van der Waals surface area contributed by atoms with Crippen LogP contribution in [-0.4, -0.2) is 16.7 Å². The highest BCUT2D eigenvalue weighted by Gasteiger charge is 2.14. The number of rotatable bonds is 5.